The number of benzene rings is 2. The molecule has 0 bridgehead atoms. The van der Waals surface area contributed by atoms with E-state index in [1.807, 2.05) is 13.0 Å². The molecule has 0 saturated heterocycles. The molecule has 2 N–H and O–H groups in total. The normalized spacial score (nSPS) is 12.2. The van der Waals surface area contributed by atoms with Crippen LogP contribution in [0.15, 0.2) is 42.5 Å². The summed E-state index contributed by atoms with van der Waals surface area (Å²) in [4.78, 5) is 2.13. The quantitative estimate of drug-likeness (QED) is 0.893. The fourth-order valence-corrected chi connectivity index (χ4v) is 2.62. The van der Waals surface area contributed by atoms with Gasteiger partial charge in [0, 0.05) is 24.0 Å². The topological polar surface area (TPSA) is 29.3 Å². The summed E-state index contributed by atoms with van der Waals surface area (Å²) in [5, 5.41) is 0. The molecule has 0 aliphatic heterocycles. The zero-order valence-corrected chi connectivity index (χ0v) is 12.9. The van der Waals surface area contributed by atoms with Crippen molar-refractivity contribution in [2.45, 2.75) is 33.2 Å². The number of nitrogens with two attached hydrogens (primary N) is 1. The van der Waals surface area contributed by atoms with Crippen molar-refractivity contribution in [1.82, 2.24) is 0 Å². The number of anilines is 2. The highest BCUT2D eigenvalue weighted by Gasteiger charge is 2.13. The Morgan fingerprint density at radius 2 is 1.95 bits per heavy atom. The lowest BCUT2D eigenvalue weighted by atomic mass is 10.0. The van der Waals surface area contributed by atoms with E-state index in [9.17, 15) is 4.39 Å². The molecule has 0 saturated carbocycles. The SMILES string of the molecule is CCN(c1cccc(F)c1)c1ccc(C)cc1CC(C)N. The summed E-state index contributed by atoms with van der Waals surface area (Å²) < 4.78 is 13.5. The number of halogens is 1. The van der Waals surface area contributed by atoms with Crippen LogP contribution < -0.4 is 10.6 Å². The van der Waals surface area contributed by atoms with E-state index < -0.39 is 0 Å². The van der Waals surface area contributed by atoms with E-state index in [4.69, 9.17) is 5.73 Å². The first-order chi connectivity index (χ1) is 10.0. The second kappa shape index (κ2) is 6.72. The van der Waals surface area contributed by atoms with Crippen molar-refractivity contribution in [2.75, 3.05) is 11.4 Å². The summed E-state index contributed by atoms with van der Waals surface area (Å²) in [5.41, 5.74) is 10.4. The predicted molar refractivity (Wildman–Crippen MR) is 87.6 cm³/mol. The van der Waals surface area contributed by atoms with Crippen LogP contribution in [0.2, 0.25) is 0 Å². The Kier molecular flexibility index (Phi) is 4.97. The van der Waals surface area contributed by atoms with E-state index in [0.29, 0.717) is 0 Å². The van der Waals surface area contributed by atoms with E-state index >= 15 is 0 Å². The van der Waals surface area contributed by atoms with Gasteiger partial charge in [-0.05, 0) is 57.0 Å². The molecule has 0 fully saturated rings. The van der Waals surface area contributed by atoms with Gasteiger partial charge in [0.15, 0.2) is 0 Å². The molecule has 0 aliphatic carbocycles. The maximum Gasteiger partial charge on any atom is 0.125 e. The fourth-order valence-electron chi connectivity index (χ4n) is 2.62. The first-order valence-corrected chi connectivity index (χ1v) is 7.39. The second-order valence-corrected chi connectivity index (χ2v) is 5.54. The summed E-state index contributed by atoms with van der Waals surface area (Å²) in [7, 11) is 0. The molecule has 112 valence electrons. The average Bonchev–Trinajstić information content (AvgIpc) is 2.41. The largest absolute Gasteiger partial charge is 0.341 e. The lowest BCUT2D eigenvalue weighted by molar-refractivity contribution is 0.627. The molecule has 21 heavy (non-hydrogen) atoms. The number of hydrogen-bond acceptors (Lipinski definition) is 2. The lowest BCUT2D eigenvalue weighted by Crippen LogP contribution is -2.22. The van der Waals surface area contributed by atoms with Crippen molar-refractivity contribution < 1.29 is 4.39 Å². The molecular formula is C18H23FN2. The summed E-state index contributed by atoms with van der Waals surface area (Å²) >= 11 is 0. The minimum atomic E-state index is -0.216. The fraction of sp³-hybridized carbons (Fsp3) is 0.333. The Labute approximate surface area is 126 Å². The van der Waals surface area contributed by atoms with E-state index in [1.165, 1.54) is 17.2 Å². The minimum absolute atomic E-state index is 0.0942. The van der Waals surface area contributed by atoms with Gasteiger partial charge in [-0.1, -0.05) is 23.8 Å². The van der Waals surface area contributed by atoms with Crippen molar-refractivity contribution in [2.24, 2.45) is 5.73 Å². The zero-order chi connectivity index (χ0) is 15.4. The minimum Gasteiger partial charge on any atom is -0.341 e. The molecule has 0 heterocycles. The van der Waals surface area contributed by atoms with Gasteiger partial charge in [-0.2, -0.15) is 0 Å². The summed E-state index contributed by atoms with van der Waals surface area (Å²) in [6.07, 6.45) is 0.808. The molecule has 0 amide bonds. The molecule has 1 unspecified atom stereocenters. The van der Waals surface area contributed by atoms with E-state index in [-0.39, 0.29) is 11.9 Å². The van der Waals surface area contributed by atoms with E-state index in [0.717, 1.165) is 24.3 Å². The molecule has 3 heteroatoms. The standard InChI is InChI=1S/C18H23FN2/c1-4-21(17-7-5-6-16(19)12-17)18-9-8-13(2)10-15(18)11-14(3)20/h5-10,12,14H,4,11,20H2,1-3H3. The number of hydrogen-bond donors (Lipinski definition) is 1. The van der Waals surface area contributed by atoms with Crippen LogP contribution in [-0.4, -0.2) is 12.6 Å². The number of nitrogens with zero attached hydrogens (tertiary/aromatic N) is 1. The predicted octanol–water partition coefficient (Wildman–Crippen LogP) is 4.18. The van der Waals surface area contributed by atoms with Gasteiger partial charge in [0.1, 0.15) is 5.82 Å². The van der Waals surface area contributed by atoms with Crippen LogP contribution in [-0.2, 0) is 6.42 Å². The third kappa shape index (κ3) is 3.82. The molecule has 0 aliphatic rings. The molecule has 0 spiro atoms. The van der Waals surface area contributed by atoms with Gasteiger partial charge in [-0.3, -0.25) is 0 Å². The molecule has 2 aromatic carbocycles. The average molecular weight is 286 g/mol. The van der Waals surface area contributed by atoms with E-state index in [1.54, 1.807) is 12.1 Å². The first kappa shape index (κ1) is 15.5. The lowest BCUT2D eigenvalue weighted by Gasteiger charge is -2.27. The highest BCUT2D eigenvalue weighted by Crippen LogP contribution is 2.30. The molecule has 0 aromatic heterocycles. The van der Waals surface area contributed by atoms with Crippen molar-refractivity contribution in [3.05, 3.63) is 59.4 Å². The van der Waals surface area contributed by atoms with Gasteiger partial charge in [-0.25, -0.2) is 4.39 Å². The summed E-state index contributed by atoms with van der Waals surface area (Å²) in [6, 6.07) is 13.2. The molecule has 2 rings (SSSR count). The maximum atomic E-state index is 13.5. The van der Waals surface area contributed by atoms with Gasteiger partial charge in [0.25, 0.3) is 0 Å². The van der Waals surface area contributed by atoms with Crippen LogP contribution in [0.5, 0.6) is 0 Å². The van der Waals surface area contributed by atoms with Crippen LogP contribution in [0.1, 0.15) is 25.0 Å². The van der Waals surface area contributed by atoms with Gasteiger partial charge < -0.3 is 10.6 Å². The summed E-state index contributed by atoms with van der Waals surface area (Å²) in [6.45, 7) is 6.93. The monoisotopic (exact) mass is 286 g/mol. The third-order valence-electron chi connectivity index (χ3n) is 3.50. The van der Waals surface area contributed by atoms with Crippen molar-refractivity contribution in [3.8, 4) is 0 Å². The Bertz CT molecular complexity index is 608. The molecule has 2 nitrogen and oxygen atoms in total. The molecule has 1 atom stereocenters. The maximum absolute atomic E-state index is 13.5. The van der Waals surface area contributed by atoms with Gasteiger partial charge in [0.2, 0.25) is 0 Å². The smallest absolute Gasteiger partial charge is 0.125 e. The van der Waals surface area contributed by atoms with Crippen LogP contribution in [0.25, 0.3) is 0 Å². The Hall–Kier alpha value is -1.87. The van der Waals surface area contributed by atoms with Gasteiger partial charge in [0.05, 0.1) is 0 Å². The Morgan fingerprint density at radius 1 is 1.19 bits per heavy atom. The zero-order valence-electron chi connectivity index (χ0n) is 12.9. The van der Waals surface area contributed by atoms with Crippen molar-refractivity contribution in [1.29, 1.82) is 0 Å². The van der Waals surface area contributed by atoms with Crippen molar-refractivity contribution in [3.63, 3.8) is 0 Å². The first-order valence-electron chi connectivity index (χ1n) is 7.39. The third-order valence-corrected chi connectivity index (χ3v) is 3.50. The van der Waals surface area contributed by atoms with Crippen LogP contribution in [0.4, 0.5) is 15.8 Å². The second-order valence-electron chi connectivity index (χ2n) is 5.54. The Balaban J connectivity index is 2.46. The molecule has 0 radical (unpaired) electrons. The van der Waals surface area contributed by atoms with Gasteiger partial charge in [-0.15, -0.1) is 0 Å². The van der Waals surface area contributed by atoms with Crippen molar-refractivity contribution >= 4 is 11.4 Å². The highest BCUT2D eigenvalue weighted by atomic mass is 19.1. The van der Waals surface area contributed by atoms with Crippen LogP contribution in [0, 0.1) is 12.7 Å². The highest BCUT2D eigenvalue weighted by molar-refractivity contribution is 5.67. The summed E-state index contributed by atoms with van der Waals surface area (Å²) in [5.74, 6) is -0.216. The number of rotatable bonds is 5. The Morgan fingerprint density at radius 3 is 2.57 bits per heavy atom. The van der Waals surface area contributed by atoms with Crippen LogP contribution in [0.3, 0.4) is 0 Å². The molecule has 2 aromatic rings. The van der Waals surface area contributed by atoms with E-state index in [2.05, 4.69) is 36.9 Å². The van der Waals surface area contributed by atoms with Crippen LogP contribution >= 0.6 is 0 Å². The number of aryl methyl sites for hydroxylation is 1. The van der Waals surface area contributed by atoms with Gasteiger partial charge >= 0.3 is 0 Å². The molecular weight excluding hydrogens is 263 g/mol.